The van der Waals surface area contributed by atoms with Crippen LogP contribution in [0, 0.1) is 11.8 Å². The van der Waals surface area contributed by atoms with E-state index in [9.17, 15) is 0 Å². The molecule has 0 spiro atoms. The Balaban J connectivity index is 1.81. The quantitative estimate of drug-likeness (QED) is 0.780. The number of rotatable bonds is 7. The lowest BCUT2D eigenvalue weighted by molar-refractivity contribution is 0.0615. The molecule has 118 valence electrons. The van der Waals surface area contributed by atoms with E-state index in [2.05, 4.69) is 18.7 Å². The Hall–Kier alpha value is -0.120. The Labute approximate surface area is 125 Å². The van der Waals surface area contributed by atoms with Crippen molar-refractivity contribution in [2.45, 2.75) is 70.9 Å². The van der Waals surface area contributed by atoms with Crippen LogP contribution in [0.25, 0.3) is 0 Å². The maximum atomic E-state index is 6.39. The summed E-state index contributed by atoms with van der Waals surface area (Å²) in [5.41, 5.74) is 6.39. The Morgan fingerprint density at radius 1 is 1.15 bits per heavy atom. The molecule has 2 aliphatic rings. The van der Waals surface area contributed by atoms with Crippen LogP contribution in [0.4, 0.5) is 0 Å². The van der Waals surface area contributed by atoms with Crippen molar-refractivity contribution in [3.8, 4) is 0 Å². The minimum atomic E-state index is 0.418. The number of hydrogen-bond donors (Lipinski definition) is 1. The molecule has 3 heteroatoms. The summed E-state index contributed by atoms with van der Waals surface area (Å²) in [5, 5.41) is 0. The number of likely N-dealkylation sites (N-methyl/N-ethyl adjacent to an activating group) is 1. The normalized spacial score (nSPS) is 34.8. The SMILES string of the molecule is CCCC1CCC(N)C(CN(CC)CC2CCCO2)C1. The van der Waals surface area contributed by atoms with Crippen LogP contribution < -0.4 is 5.73 Å². The van der Waals surface area contributed by atoms with Crippen molar-refractivity contribution in [2.24, 2.45) is 17.6 Å². The molecule has 0 radical (unpaired) electrons. The molecule has 2 rings (SSSR count). The molecule has 1 saturated carbocycles. The first-order valence-corrected chi connectivity index (χ1v) is 8.82. The smallest absolute Gasteiger partial charge is 0.0702 e. The van der Waals surface area contributed by atoms with Gasteiger partial charge in [-0.05, 0) is 50.5 Å². The Kier molecular flexibility index (Phi) is 6.79. The molecule has 2 N–H and O–H groups in total. The lowest BCUT2D eigenvalue weighted by Crippen LogP contribution is -2.44. The number of nitrogens with zero attached hydrogens (tertiary/aromatic N) is 1. The molecule has 0 aromatic rings. The van der Waals surface area contributed by atoms with Crippen LogP contribution >= 0.6 is 0 Å². The van der Waals surface area contributed by atoms with Crippen molar-refractivity contribution >= 4 is 0 Å². The van der Waals surface area contributed by atoms with Crippen molar-refractivity contribution in [1.82, 2.24) is 4.90 Å². The summed E-state index contributed by atoms with van der Waals surface area (Å²) < 4.78 is 5.79. The van der Waals surface area contributed by atoms with Gasteiger partial charge in [0.05, 0.1) is 6.10 Å². The van der Waals surface area contributed by atoms with Crippen molar-refractivity contribution < 1.29 is 4.74 Å². The van der Waals surface area contributed by atoms with E-state index in [0.717, 1.165) is 25.6 Å². The third-order valence-electron chi connectivity index (χ3n) is 5.27. The van der Waals surface area contributed by atoms with Crippen molar-refractivity contribution in [3.05, 3.63) is 0 Å². The van der Waals surface area contributed by atoms with Crippen LogP contribution in [0.3, 0.4) is 0 Å². The maximum Gasteiger partial charge on any atom is 0.0702 e. The summed E-state index contributed by atoms with van der Waals surface area (Å²) in [5.74, 6) is 1.62. The standard InChI is InChI=1S/C17H34N2O/c1-3-6-14-8-9-17(18)15(11-14)12-19(4-2)13-16-7-5-10-20-16/h14-17H,3-13,18H2,1-2H3. The largest absolute Gasteiger partial charge is 0.377 e. The topological polar surface area (TPSA) is 38.5 Å². The zero-order valence-corrected chi connectivity index (χ0v) is 13.5. The van der Waals surface area contributed by atoms with E-state index in [0.29, 0.717) is 18.1 Å². The summed E-state index contributed by atoms with van der Waals surface area (Å²) in [6, 6.07) is 0.418. The van der Waals surface area contributed by atoms with Crippen LogP contribution in [-0.4, -0.2) is 43.3 Å². The summed E-state index contributed by atoms with van der Waals surface area (Å²) in [6.07, 6.45) is 9.59. The van der Waals surface area contributed by atoms with Gasteiger partial charge < -0.3 is 15.4 Å². The summed E-state index contributed by atoms with van der Waals surface area (Å²) in [4.78, 5) is 2.58. The van der Waals surface area contributed by atoms with Crippen LogP contribution in [0.15, 0.2) is 0 Å². The highest BCUT2D eigenvalue weighted by Crippen LogP contribution is 2.32. The highest BCUT2D eigenvalue weighted by molar-refractivity contribution is 4.85. The fourth-order valence-electron chi connectivity index (χ4n) is 4.01. The highest BCUT2D eigenvalue weighted by atomic mass is 16.5. The van der Waals surface area contributed by atoms with E-state index in [-0.39, 0.29) is 0 Å². The molecule has 1 aliphatic carbocycles. The molecule has 0 aromatic carbocycles. The number of ether oxygens (including phenoxy) is 1. The lowest BCUT2D eigenvalue weighted by atomic mass is 9.76. The molecule has 1 aliphatic heterocycles. The second kappa shape index (κ2) is 8.35. The molecule has 0 amide bonds. The maximum absolute atomic E-state index is 6.39. The third-order valence-corrected chi connectivity index (χ3v) is 5.27. The van der Waals surface area contributed by atoms with Crippen molar-refractivity contribution in [1.29, 1.82) is 0 Å². The van der Waals surface area contributed by atoms with Crippen LogP contribution in [0.2, 0.25) is 0 Å². The fourth-order valence-corrected chi connectivity index (χ4v) is 4.01. The van der Waals surface area contributed by atoms with E-state index < -0.39 is 0 Å². The average Bonchev–Trinajstić information content (AvgIpc) is 2.95. The molecule has 0 aromatic heterocycles. The molecule has 4 atom stereocenters. The summed E-state index contributed by atoms with van der Waals surface area (Å²) in [6.45, 7) is 8.95. The molecule has 3 nitrogen and oxygen atoms in total. The number of nitrogens with two attached hydrogens (primary N) is 1. The van der Waals surface area contributed by atoms with Crippen molar-refractivity contribution in [2.75, 3.05) is 26.2 Å². The second-order valence-corrected chi connectivity index (χ2v) is 6.88. The van der Waals surface area contributed by atoms with Crippen molar-refractivity contribution in [3.63, 3.8) is 0 Å². The Morgan fingerprint density at radius 3 is 2.65 bits per heavy atom. The van der Waals surface area contributed by atoms with Gasteiger partial charge in [0.1, 0.15) is 0 Å². The minimum Gasteiger partial charge on any atom is -0.377 e. The summed E-state index contributed by atoms with van der Waals surface area (Å²) >= 11 is 0. The first-order valence-electron chi connectivity index (χ1n) is 8.82. The first-order chi connectivity index (χ1) is 9.72. The van der Waals surface area contributed by atoms with E-state index in [4.69, 9.17) is 10.5 Å². The van der Waals surface area contributed by atoms with Gasteiger partial charge in [-0.3, -0.25) is 0 Å². The predicted octanol–water partition coefficient (Wildman–Crippen LogP) is 3.03. The lowest BCUT2D eigenvalue weighted by Gasteiger charge is -2.37. The van der Waals surface area contributed by atoms with Crippen LogP contribution in [0.5, 0.6) is 0 Å². The van der Waals surface area contributed by atoms with Gasteiger partial charge in [-0.25, -0.2) is 0 Å². The minimum absolute atomic E-state index is 0.418. The second-order valence-electron chi connectivity index (χ2n) is 6.88. The Bertz CT molecular complexity index is 266. The van der Waals surface area contributed by atoms with Gasteiger partial charge in [0, 0.05) is 25.7 Å². The average molecular weight is 282 g/mol. The molecule has 4 unspecified atom stereocenters. The Morgan fingerprint density at radius 2 is 2.00 bits per heavy atom. The van der Waals surface area contributed by atoms with Gasteiger partial charge in [-0.1, -0.05) is 26.7 Å². The molecule has 2 fully saturated rings. The molecular formula is C17H34N2O. The van der Waals surface area contributed by atoms with E-state index in [1.54, 1.807) is 0 Å². The number of hydrogen-bond acceptors (Lipinski definition) is 3. The van der Waals surface area contributed by atoms with E-state index in [1.165, 1.54) is 51.5 Å². The summed E-state index contributed by atoms with van der Waals surface area (Å²) in [7, 11) is 0. The van der Waals surface area contributed by atoms with Gasteiger partial charge in [0.2, 0.25) is 0 Å². The van der Waals surface area contributed by atoms with Gasteiger partial charge in [-0.2, -0.15) is 0 Å². The fraction of sp³-hybridized carbons (Fsp3) is 1.00. The monoisotopic (exact) mass is 282 g/mol. The van der Waals surface area contributed by atoms with Crippen LogP contribution in [-0.2, 0) is 4.74 Å². The van der Waals surface area contributed by atoms with Gasteiger partial charge >= 0.3 is 0 Å². The third kappa shape index (κ3) is 4.71. The molecular weight excluding hydrogens is 248 g/mol. The van der Waals surface area contributed by atoms with Gasteiger partial charge in [0.25, 0.3) is 0 Å². The highest BCUT2D eigenvalue weighted by Gasteiger charge is 2.29. The predicted molar refractivity (Wildman–Crippen MR) is 84.8 cm³/mol. The molecule has 1 heterocycles. The van der Waals surface area contributed by atoms with Crippen LogP contribution in [0.1, 0.15) is 58.8 Å². The molecule has 1 saturated heterocycles. The first kappa shape index (κ1) is 16.3. The molecule has 20 heavy (non-hydrogen) atoms. The zero-order valence-electron chi connectivity index (χ0n) is 13.5. The van der Waals surface area contributed by atoms with E-state index >= 15 is 0 Å². The van der Waals surface area contributed by atoms with E-state index in [1.807, 2.05) is 0 Å². The van der Waals surface area contributed by atoms with Gasteiger partial charge in [0.15, 0.2) is 0 Å². The van der Waals surface area contributed by atoms with Gasteiger partial charge in [-0.15, -0.1) is 0 Å². The molecule has 0 bridgehead atoms. The zero-order chi connectivity index (χ0) is 14.4.